The molecule has 0 saturated heterocycles. The van der Waals surface area contributed by atoms with E-state index in [1.807, 2.05) is 36.4 Å². The van der Waals surface area contributed by atoms with Gasteiger partial charge in [-0.3, -0.25) is 9.59 Å². The maximum absolute atomic E-state index is 12.1. The Morgan fingerprint density at radius 1 is 1.09 bits per heavy atom. The second-order valence-corrected chi connectivity index (χ2v) is 6.13. The number of nitrogens with one attached hydrogen (secondary N) is 1. The quantitative estimate of drug-likeness (QED) is 0.806. The highest BCUT2D eigenvalue weighted by Crippen LogP contribution is 2.25. The minimum Gasteiger partial charge on any atom is -0.469 e. The van der Waals surface area contributed by atoms with E-state index in [1.54, 1.807) is 12.1 Å². The molecule has 0 aromatic heterocycles. The number of hydrogen-bond acceptors (Lipinski definition) is 3. The Balaban J connectivity index is 2.22. The fraction of sp³-hybridized carbons (Fsp3) is 0.222. The van der Waals surface area contributed by atoms with Crippen molar-refractivity contribution in [1.29, 1.82) is 0 Å². The molecule has 1 amide bonds. The van der Waals surface area contributed by atoms with E-state index in [2.05, 4.69) is 21.2 Å². The standard InChI is InChI=1S/C18H18BrNO3/c1-12(21)20-16-9-5-14(6-10-16)17(18(22)23-2)11-13-3-7-15(19)8-4-13/h3-10,17H,11H2,1-2H3,(H,20,21). The fourth-order valence-electron chi connectivity index (χ4n) is 2.34. The van der Waals surface area contributed by atoms with E-state index >= 15 is 0 Å². The molecule has 120 valence electrons. The molecule has 0 aliphatic rings. The molecular weight excluding hydrogens is 358 g/mol. The SMILES string of the molecule is COC(=O)C(Cc1ccc(Br)cc1)c1ccc(NC(C)=O)cc1. The summed E-state index contributed by atoms with van der Waals surface area (Å²) in [6.45, 7) is 1.46. The number of amides is 1. The van der Waals surface area contributed by atoms with Crippen molar-refractivity contribution >= 4 is 33.5 Å². The molecule has 1 unspecified atom stereocenters. The van der Waals surface area contributed by atoms with Crippen molar-refractivity contribution < 1.29 is 14.3 Å². The molecule has 2 aromatic carbocycles. The third-order valence-corrected chi connectivity index (χ3v) is 4.00. The number of carbonyl (C=O) groups excluding carboxylic acids is 2. The maximum atomic E-state index is 12.1. The van der Waals surface area contributed by atoms with E-state index in [9.17, 15) is 9.59 Å². The van der Waals surface area contributed by atoms with E-state index in [0.717, 1.165) is 15.6 Å². The van der Waals surface area contributed by atoms with Crippen LogP contribution in [0, 0.1) is 0 Å². The number of hydrogen-bond donors (Lipinski definition) is 1. The van der Waals surface area contributed by atoms with E-state index in [4.69, 9.17) is 4.74 Å². The predicted octanol–water partition coefficient (Wildman–Crippen LogP) is 3.91. The van der Waals surface area contributed by atoms with Crippen molar-refractivity contribution in [2.24, 2.45) is 0 Å². The third kappa shape index (κ3) is 4.93. The Labute approximate surface area is 144 Å². The van der Waals surface area contributed by atoms with Gasteiger partial charge in [-0.15, -0.1) is 0 Å². The number of ether oxygens (including phenoxy) is 1. The molecule has 1 atom stereocenters. The number of halogens is 1. The van der Waals surface area contributed by atoms with Gasteiger partial charge >= 0.3 is 5.97 Å². The first-order valence-electron chi connectivity index (χ1n) is 7.19. The van der Waals surface area contributed by atoms with Gasteiger partial charge in [0.25, 0.3) is 0 Å². The van der Waals surface area contributed by atoms with Crippen LogP contribution in [0.5, 0.6) is 0 Å². The Kier molecular flexibility index (Phi) is 5.93. The minimum atomic E-state index is -0.382. The van der Waals surface area contributed by atoms with E-state index in [0.29, 0.717) is 12.1 Å². The summed E-state index contributed by atoms with van der Waals surface area (Å²) < 4.78 is 5.94. The van der Waals surface area contributed by atoms with E-state index in [-0.39, 0.29) is 17.8 Å². The minimum absolute atomic E-state index is 0.128. The Hall–Kier alpha value is -2.14. The molecule has 0 heterocycles. The summed E-state index contributed by atoms with van der Waals surface area (Å²) in [5.74, 6) is -0.787. The molecule has 5 heteroatoms. The lowest BCUT2D eigenvalue weighted by molar-refractivity contribution is -0.142. The van der Waals surface area contributed by atoms with Crippen LogP contribution in [0.15, 0.2) is 53.0 Å². The second kappa shape index (κ2) is 7.92. The zero-order valence-corrected chi connectivity index (χ0v) is 14.6. The topological polar surface area (TPSA) is 55.4 Å². The van der Waals surface area contributed by atoms with Crippen molar-refractivity contribution in [1.82, 2.24) is 0 Å². The molecule has 2 rings (SSSR count). The van der Waals surface area contributed by atoms with Gasteiger partial charge in [-0.25, -0.2) is 0 Å². The van der Waals surface area contributed by atoms with Crippen molar-refractivity contribution in [2.45, 2.75) is 19.3 Å². The highest BCUT2D eigenvalue weighted by molar-refractivity contribution is 9.10. The molecule has 0 aliphatic carbocycles. The summed E-state index contributed by atoms with van der Waals surface area (Å²) in [5, 5.41) is 2.71. The lowest BCUT2D eigenvalue weighted by Gasteiger charge is -2.16. The van der Waals surface area contributed by atoms with Crippen LogP contribution in [0.1, 0.15) is 24.0 Å². The molecule has 23 heavy (non-hydrogen) atoms. The highest BCUT2D eigenvalue weighted by Gasteiger charge is 2.22. The molecule has 2 aromatic rings. The molecule has 1 N–H and O–H groups in total. The molecule has 0 bridgehead atoms. The molecule has 0 aliphatic heterocycles. The smallest absolute Gasteiger partial charge is 0.313 e. The van der Waals surface area contributed by atoms with E-state index in [1.165, 1.54) is 14.0 Å². The first-order chi connectivity index (χ1) is 11.0. The molecule has 0 spiro atoms. The van der Waals surface area contributed by atoms with Crippen molar-refractivity contribution in [3.8, 4) is 0 Å². The first-order valence-corrected chi connectivity index (χ1v) is 7.98. The number of carbonyl (C=O) groups is 2. The number of benzene rings is 2. The lowest BCUT2D eigenvalue weighted by atomic mass is 9.92. The Morgan fingerprint density at radius 2 is 1.70 bits per heavy atom. The predicted molar refractivity (Wildman–Crippen MR) is 93.3 cm³/mol. The van der Waals surface area contributed by atoms with Gasteiger partial charge in [-0.05, 0) is 41.8 Å². The van der Waals surface area contributed by atoms with Crippen LogP contribution in [0.3, 0.4) is 0 Å². The van der Waals surface area contributed by atoms with Crippen LogP contribution >= 0.6 is 15.9 Å². The second-order valence-electron chi connectivity index (χ2n) is 5.21. The van der Waals surface area contributed by atoms with Crippen LogP contribution in [0.4, 0.5) is 5.69 Å². The van der Waals surface area contributed by atoms with Gasteiger partial charge in [-0.1, -0.05) is 40.2 Å². The summed E-state index contributed by atoms with van der Waals surface area (Å²) in [6.07, 6.45) is 0.555. The summed E-state index contributed by atoms with van der Waals surface area (Å²) in [4.78, 5) is 23.2. The normalized spacial score (nSPS) is 11.6. The molecule has 0 radical (unpaired) electrons. The average Bonchev–Trinajstić information content (AvgIpc) is 2.54. The van der Waals surface area contributed by atoms with Gasteiger partial charge in [0.1, 0.15) is 0 Å². The zero-order valence-electron chi connectivity index (χ0n) is 13.0. The largest absolute Gasteiger partial charge is 0.469 e. The molecule has 0 fully saturated rings. The molecular formula is C18H18BrNO3. The maximum Gasteiger partial charge on any atom is 0.313 e. The van der Waals surface area contributed by atoms with Gasteiger partial charge < -0.3 is 10.1 Å². The van der Waals surface area contributed by atoms with Crippen LogP contribution in [-0.4, -0.2) is 19.0 Å². The number of rotatable bonds is 5. The van der Waals surface area contributed by atoms with Crippen molar-refractivity contribution in [3.05, 3.63) is 64.1 Å². The Bertz CT molecular complexity index is 680. The zero-order chi connectivity index (χ0) is 16.8. The number of anilines is 1. The lowest BCUT2D eigenvalue weighted by Crippen LogP contribution is -2.17. The van der Waals surface area contributed by atoms with Gasteiger partial charge in [0.2, 0.25) is 5.91 Å². The van der Waals surface area contributed by atoms with Crippen molar-refractivity contribution in [2.75, 3.05) is 12.4 Å². The van der Waals surface area contributed by atoms with Gasteiger partial charge in [-0.2, -0.15) is 0 Å². The summed E-state index contributed by atoms with van der Waals surface area (Å²) in [7, 11) is 1.39. The van der Waals surface area contributed by atoms with Gasteiger partial charge in [0.15, 0.2) is 0 Å². The van der Waals surface area contributed by atoms with Gasteiger partial charge in [0.05, 0.1) is 13.0 Å². The van der Waals surface area contributed by atoms with Crippen LogP contribution in [0.2, 0.25) is 0 Å². The molecule has 0 saturated carbocycles. The average molecular weight is 376 g/mol. The van der Waals surface area contributed by atoms with E-state index < -0.39 is 0 Å². The monoisotopic (exact) mass is 375 g/mol. The summed E-state index contributed by atoms with van der Waals surface area (Å²) >= 11 is 3.40. The van der Waals surface area contributed by atoms with Crippen LogP contribution < -0.4 is 5.32 Å². The molecule has 4 nitrogen and oxygen atoms in total. The number of esters is 1. The highest BCUT2D eigenvalue weighted by atomic mass is 79.9. The van der Waals surface area contributed by atoms with Crippen LogP contribution in [0.25, 0.3) is 0 Å². The Morgan fingerprint density at radius 3 is 2.22 bits per heavy atom. The van der Waals surface area contributed by atoms with Crippen molar-refractivity contribution in [3.63, 3.8) is 0 Å². The summed E-state index contributed by atoms with van der Waals surface area (Å²) in [5.41, 5.74) is 2.61. The van der Waals surface area contributed by atoms with Crippen LogP contribution in [-0.2, 0) is 20.7 Å². The van der Waals surface area contributed by atoms with Gasteiger partial charge in [0, 0.05) is 17.1 Å². The third-order valence-electron chi connectivity index (χ3n) is 3.47. The summed E-state index contributed by atoms with van der Waals surface area (Å²) in [6, 6.07) is 15.1. The number of methoxy groups -OCH3 is 1. The fourth-order valence-corrected chi connectivity index (χ4v) is 2.60. The first kappa shape index (κ1) is 17.2.